The van der Waals surface area contributed by atoms with Crippen molar-refractivity contribution in [1.29, 1.82) is 0 Å². The van der Waals surface area contributed by atoms with E-state index in [0.29, 0.717) is 22.5 Å². The fourth-order valence-electron chi connectivity index (χ4n) is 2.89. The van der Waals surface area contributed by atoms with Gasteiger partial charge in [0.1, 0.15) is 11.6 Å². The van der Waals surface area contributed by atoms with E-state index in [1.54, 1.807) is 13.0 Å². The van der Waals surface area contributed by atoms with Crippen LogP contribution in [0.2, 0.25) is 0 Å². The van der Waals surface area contributed by atoms with E-state index in [4.69, 9.17) is 0 Å². The van der Waals surface area contributed by atoms with Crippen LogP contribution in [0.3, 0.4) is 0 Å². The maximum Gasteiger partial charge on any atom is 0.417 e. The molecule has 0 fully saturated rings. The highest BCUT2D eigenvalue weighted by Crippen LogP contribution is 2.37. The summed E-state index contributed by atoms with van der Waals surface area (Å²) in [4.78, 5) is 14.9. The van der Waals surface area contributed by atoms with E-state index < -0.39 is 11.7 Å². The number of nitrogens with one attached hydrogen (secondary N) is 2. The second kappa shape index (κ2) is 8.94. The lowest BCUT2D eigenvalue weighted by Gasteiger charge is -2.14. The largest absolute Gasteiger partial charge is 0.417 e. The molecule has 0 saturated heterocycles. The second-order valence-corrected chi connectivity index (χ2v) is 6.33. The van der Waals surface area contributed by atoms with Gasteiger partial charge in [-0.1, -0.05) is 46.9 Å². The number of nitrogens with zero attached hydrogens (tertiary/aromatic N) is 4. The Morgan fingerprint density at radius 2 is 1.70 bits per heavy atom. The highest BCUT2D eigenvalue weighted by Gasteiger charge is 2.34. The molecule has 0 aliphatic rings. The van der Waals surface area contributed by atoms with E-state index in [2.05, 4.69) is 53.1 Å². The van der Waals surface area contributed by atoms with Crippen LogP contribution >= 0.6 is 22.6 Å². The average Bonchev–Trinajstić information content (AvgIpc) is 3.13. The van der Waals surface area contributed by atoms with Gasteiger partial charge in [-0.3, -0.25) is 5.10 Å². The molecule has 0 atom stereocenters. The van der Waals surface area contributed by atoms with Crippen molar-refractivity contribution in [2.24, 2.45) is 0 Å². The number of aromatic amines is 1. The third kappa shape index (κ3) is 4.69. The maximum atomic E-state index is 13.5. The number of benzene rings is 2. The van der Waals surface area contributed by atoms with Crippen LogP contribution < -0.4 is 5.32 Å². The van der Waals surface area contributed by atoms with Gasteiger partial charge in [0.2, 0.25) is 5.95 Å². The lowest BCUT2D eigenvalue weighted by molar-refractivity contribution is -0.137. The van der Waals surface area contributed by atoms with Gasteiger partial charge in [-0.15, -0.1) is 5.10 Å². The number of H-pyrrole nitrogens is 1. The first-order valence-electron chi connectivity index (χ1n) is 8.80. The minimum atomic E-state index is -4.52. The fourth-order valence-corrected chi connectivity index (χ4v) is 2.89. The smallest absolute Gasteiger partial charge is 0.307 e. The third-order valence-electron chi connectivity index (χ3n) is 4.15. The molecule has 6 nitrogen and oxygen atoms in total. The molecule has 4 aromatic rings. The molecule has 0 spiro atoms. The van der Waals surface area contributed by atoms with E-state index in [0.717, 1.165) is 11.6 Å². The third-order valence-corrected chi connectivity index (χ3v) is 4.15. The van der Waals surface area contributed by atoms with Crippen molar-refractivity contribution in [2.45, 2.75) is 20.0 Å². The van der Waals surface area contributed by atoms with Gasteiger partial charge in [0.05, 0.1) is 11.1 Å². The molecule has 0 aliphatic carbocycles. The molecule has 4 rings (SSSR count). The summed E-state index contributed by atoms with van der Waals surface area (Å²) in [7, 11) is 0. The van der Waals surface area contributed by atoms with Crippen LogP contribution in [-0.2, 0) is 6.18 Å². The second-order valence-electron chi connectivity index (χ2n) is 6.33. The van der Waals surface area contributed by atoms with Gasteiger partial charge in [0.25, 0.3) is 0 Å². The Labute approximate surface area is 184 Å². The van der Waals surface area contributed by atoms with E-state index in [9.17, 15) is 13.2 Å². The number of hydrogen-bond donors (Lipinski definition) is 2. The van der Waals surface area contributed by atoms with Gasteiger partial charge in [-0.05, 0) is 42.5 Å². The number of aromatic nitrogens is 5. The molecule has 30 heavy (non-hydrogen) atoms. The van der Waals surface area contributed by atoms with Gasteiger partial charge in [0, 0.05) is 10.9 Å². The minimum Gasteiger partial charge on any atom is -0.307 e. The number of anilines is 2. The molecule has 0 bridgehead atoms. The van der Waals surface area contributed by atoms with Gasteiger partial charge < -0.3 is 5.32 Å². The zero-order valence-electron chi connectivity index (χ0n) is 16.3. The molecular formula is C20H18F3IN6. The standard InChI is InChI=1S/C19H15F3N6.CH3I/c1-10-7-8-13-15(9-10)24-16(12-5-3-4-6-14(12)19(20,21)22)25-17(13)26-18-23-11(2)27-28-18;1-2/h3-9H,1-2H3,(H2,23,24,25,26,27,28);1H3. The van der Waals surface area contributed by atoms with Crippen LogP contribution in [0.25, 0.3) is 22.3 Å². The Kier molecular flexibility index (Phi) is 6.54. The molecule has 2 N–H and O–H groups in total. The first kappa shape index (κ1) is 21.9. The number of aryl methyl sites for hydroxylation is 2. The maximum absolute atomic E-state index is 13.5. The molecule has 156 valence electrons. The lowest BCUT2D eigenvalue weighted by Crippen LogP contribution is -2.09. The van der Waals surface area contributed by atoms with Crippen LogP contribution in [0.5, 0.6) is 0 Å². The Morgan fingerprint density at radius 1 is 0.967 bits per heavy atom. The summed E-state index contributed by atoms with van der Waals surface area (Å²) in [5.41, 5.74) is 0.576. The van der Waals surface area contributed by atoms with Crippen LogP contribution in [-0.4, -0.2) is 30.1 Å². The predicted molar refractivity (Wildman–Crippen MR) is 119 cm³/mol. The minimum absolute atomic E-state index is 0.0271. The normalized spacial score (nSPS) is 11.2. The van der Waals surface area contributed by atoms with Crippen LogP contribution in [0, 0.1) is 13.8 Å². The quantitative estimate of drug-likeness (QED) is 0.259. The van der Waals surface area contributed by atoms with Crippen LogP contribution in [0.1, 0.15) is 17.0 Å². The SMILES string of the molecule is CI.Cc1ccc2c(Nc3n[nH]c(C)n3)nc(-c3ccccc3C(F)(F)F)nc2c1. The molecule has 0 aliphatic heterocycles. The van der Waals surface area contributed by atoms with Crippen molar-refractivity contribution >= 4 is 45.3 Å². The van der Waals surface area contributed by atoms with Crippen molar-refractivity contribution in [3.8, 4) is 11.4 Å². The average molecular weight is 526 g/mol. The molecule has 2 heterocycles. The molecule has 2 aromatic heterocycles. The van der Waals surface area contributed by atoms with Gasteiger partial charge in [0.15, 0.2) is 5.82 Å². The fraction of sp³-hybridized carbons (Fsp3) is 0.200. The van der Waals surface area contributed by atoms with Crippen molar-refractivity contribution < 1.29 is 13.2 Å². The van der Waals surface area contributed by atoms with E-state index in [-0.39, 0.29) is 17.3 Å². The van der Waals surface area contributed by atoms with E-state index >= 15 is 0 Å². The van der Waals surface area contributed by atoms with Gasteiger partial charge >= 0.3 is 6.18 Å². The van der Waals surface area contributed by atoms with Crippen molar-refractivity contribution in [2.75, 3.05) is 10.2 Å². The summed E-state index contributed by atoms with van der Waals surface area (Å²) in [6.07, 6.45) is -4.52. The Morgan fingerprint density at radius 3 is 2.37 bits per heavy atom. The monoisotopic (exact) mass is 526 g/mol. The first-order chi connectivity index (χ1) is 14.3. The Balaban J connectivity index is 0.00000124. The summed E-state index contributed by atoms with van der Waals surface area (Å²) in [5.74, 6) is 1.17. The summed E-state index contributed by atoms with van der Waals surface area (Å²) in [5, 5.41) is 10.3. The Bertz CT molecular complexity index is 1170. The number of hydrogen-bond acceptors (Lipinski definition) is 5. The molecular weight excluding hydrogens is 508 g/mol. The van der Waals surface area contributed by atoms with Gasteiger partial charge in [-0.25, -0.2) is 9.97 Å². The molecule has 0 unspecified atom stereocenters. The van der Waals surface area contributed by atoms with E-state index in [1.165, 1.54) is 18.2 Å². The van der Waals surface area contributed by atoms with Crippen LogP contribution in [0.4, 0.5) is 24.9 Å². The number of fused-ring (bicyclic) bond motifs is 1. The van der Waals surface area contributed by atoms with E-state index in [1.807, 2.05) is 24.0 Å². The molecule has 2 aromatic carbocycles. The number of alkyl halides is 4. The lowest BCUT2D eigenvalue weighted by atomic mass is 10.1. The van der Waals surface area contributed by atoms with Crippen molar-refractivity contribution in [3.63, 3.8) is 0 Å². The summed E-state index contributed by atoms with van der Waals surface area (Å²) < 4.78 is 40.4. The highest BCUT2D eigenvalue weighted by molar-refractivity contribution is 14.1. The number of rotatable bonds is 3. The topological polar surface area (TPSA) is 79.4 Å². The summed E-state index contributed by atoms with van der Waals surface area (Å²) >= 11 is 2.15. The molecule has 10 heteroatoms. The predicted octanol–water partition coefficient (Wildman–Crippen LogP) is 5.85. The molecule has 0 amide bonds. The summed E-state index contributed by atoms with van der Waals surface area (Å²) in [6, 6.07) is 10.7. The first-order valence-corrected chi connectivity index (χ1v) is 11.0. The molecule has 0 saturated carbocycles. The van der Waals surface area contributed by atoms with Crippen LogP contribution in [0.15, 0.2) is 42.5 Å². The van der Waals surface area contributed by atoms with Gasteiger partial charge in [-0.2, -0.15) is 18.2 Å². The number of halogens is 4. The van der Waals surface area contributed by atoms with Crippen molar-refractivity contribution in [3.05, 3.63) is 59.4 Å². The molecule has 0 radical (unpaired) electrons. The highest BCUT2D eigenvalue weighted by atomic mass is 127. The Hall–Kier alpha value is -2.76. The zero-order valence-corrected chi connectivity index (χ0v) is 18.5. The summed E-state index contributed by atoms with van der Waals surface area (Å²) in [6.45, 7) is 3.63. The zero-order chi connectivity index (χ0) is 21.9. The van der Waals surface area contributed by atoms with Crippen molar-refractivity contribution in [1.82, 2.24) is 25.1 Å².